The Morgan fingerprint density at radius 3 is 2.23 bits per heavy atom. The molecular weight excluding hydrogens is 356 g/mol. The van der Waals surface area contributed by atoms with Gasteiger partial charge in [0.05, 0.1) is 4.88 Å². The molecule has 2 rings (SSSR count). The number of benzene rings is 1. The number of nitrogens with one attached hydrogen (secondary N) is 2. The Morgan fingerprint density at radius 2 is 1.69 bits per heavy atom. The third-order valence-electron chi connectivity index (χ3n) is 3.50. The van der Waals surface area contributed by atoms with E-state index in [2.05, 4.69) is 10.6 Å². The molecule has 138 valence electrons. The van der Waals surface area contributed by atoms with Crippen LogP contribution < -0.4 is 15.4 Å². The molecule has 0 spiro atoms. The molecule has 0 aliphatic heterocycles. The standard InChI is InChI=1S/C18H20N2O5S/c1-11-8-13(9-12(2)16(11)25-10-15(21)22)17(23)19-5-6-20-18(24)14-4-3-7-26-14/h3-4,7-9H,5-6,10H2,1-2H3,(H,19,23)(H,20,24)(H,21,22). The van der Waals surface area contributed by atoms with E-state index >= 15 is 0 Å². The molecule has 0 aliphatic rings. The van der Waals surface area contributed by atoms with Crippen LogP contribution in [0.2, 0.25) is 0 Å². The van der Waals surface area contributed by atoms with Crippen molar-refractivity contribution >= 4 is 29.1 Å². The first-order valence-electron chi connectivity index (χ1n) is 7.94. The van der Waals surface area contributed by atoms with Crippen molar-refractivity contribution in [1.29, 1.82) is 0 Å². The predicted octanol–water partition coefficient (Wildman–Crippen LogP) is 1.99. The van der Waals surface area contributed by atoms with Gasteiger partial charge < -0.3 is 20.5 Å². The normalized spacial score (nSPS) is 10.2. The number of carbonyl (C=O) groups excluding carboxylic acids is 2. The molecule has 1 heterocycles. The Hall–Kier alpha value is -2.87. The van der Waals surface area contributed by atoms with Crippen LogP contribution in [0.25, 0.3) is 0 Å². The molecule has 0 fully saturated rings. The van der Waals surface area contributed by atoms with Crippen molar-refractivity contribution < 1.29 is 24.2 Å². The van der Waals surface area contributed by atoms with Crippen LogP contribution in [-0.4, -0.2) is 42.6 Å². The van der Waals surface area contributed by atoms with Crippen molar-refractivity contribution in [2.75, 3.05) is 19.7 Å². The Kier molecular flexibility index (Phi) is 6.74. The van der Waals surface area contributed by atoms with Crippen molar-refractivity contribution in [3.63, 3.8) is 0 Å². The molecule has 2 amide bonds. The third kappa shape index (κ3) is 5.32. The van der Waals surface area contributed by atoms with Crippen LogP contribution in [0, 0.1) is 13.8 Å². The maximum atomic E-state index is 12.2. The van der Waals surface area contributed by atoms with Crippen LogP contribution in [0.3, 0.4) is 0 Å². The van der Waals surface area contributed by atoms with E-state index < -0.39 is 12.6 Å². The largest absolute Gasteiger partial charge is 0.481 e. The summed E-state index contributed by atoms with van der Waals surface area (Å²) in [6.45, 7) is 3.69. The van der Waals surface area contributed by atoms with E-state index in [1.807, 2.05) is 5.38 Å². The average molecular weight is 376 g/mol. The zero-order valence-electron chi connectivity index (χ0n) is 14.5. The molecule has 1 aromatic carbocycles. The Labute approximate surface area is 155 Å². The molecular formula is C18H20N2O5S. The molecule has 1 aromatic heterocycles. The van der Waals surface area contributed by atoms with Gasteiger partial charge in [0.1, 0.15) is 5.75 Å². The fourth-order valence-electron chi connectivity index (χ4n) is 2.39. The summed E-state index contributed by atoms with van der Waals surface area (Å²) < 4.78 is 5.25. The molecule has 2 aromatic rings. The lowest BCUT2D eigenvalue weighted by Crippen LogP contribution is -2.34. The highest BCUT2D eigenvalue weighted by Crippen LogP contribution is 2.24. The lowest BCUT2D eigenvalue weighted by molar-refractivity contribution is -0.139. The van der Waals surface area contributed by atoms with Gasteiger partial charge >= 0.3 is 5.97 Å². The first kappa shape index (κ1) is 19.5. The summed E-state index contributed by atoms with van der Waals surface area (Å²) in [6.07, 6.45) is 0. The molecule has 3 N–H and O–H groups in total. The molecule has 0 saturated carbocycles. The second-order valence-corrected chi connectivity index (χ2v) is 6.56. The van der Waals surface area contributed by atoms with Gasteiger partial charge in [0.25, 0.3) is 11.8 Å². The van der Waals surface area contributed by atoms with Crippen LogP contribution in [0.4, 0.5) is 0 Å². The number of hydrogen-bond acceptors (Lipinski definition) is 5. The van der Waals surface area contributed by atoms with Crippen molar-refractivity contribution in [1.82, 2.24) is 10.6 Å². The molecule has 7 nitrogen and oxygen atoms in total. The number of rotatable bonds is 8. The summed E-state index contributed by atoms with van der Waals surface area (Å²) in [5, 5.41) is 16.0. The zero-order chi connectivity index (χ0) is 19.1. The van der Waals surface area contributed by atoms with Gasteiger partial charge in [-0.05, 0) is 48.6 Å². The number of aliphatic carboxylic acids is 1. The predicted molar refractivity (Wildman–Crippen MR) is 98.0 cm³/mol. The third-order valence-corrected chi connectivity index (χ3v) is 4.37. The first-order chi connectivity index (χ1) is 12.4. The van der Waals surface area contributed by atoms with Crippen molar-refractivity contribution in [2.45, 2.75) is 13.8 Å². The highest BCUT2D eigenvalue weighted by atomic mass is 32.1. The zero-order valence-corrected chi connectivity index (χ0v) is 15.3. The number of carboxylic acids is 1. The van der Waals surface area contributed by atoms with Crippen LogP contribution in [0.5, 0.6) is 5.75 Å². The van der Waals surface area contributed by atoms with Gasteiger partial charge in [0.2, 0.25) is 0 Å². The van der Waals surface area contributed by atoms with Gasteiger partial charge in [-0.2, -0.15) is 0 Å². The number of carboxylic acid groups (broad SMARTS) is 1. The first-order valence-corrected chi connectivity index (χ1v) is 8.82. The van der Waals surface area contributed by atoms with E-state index in [1.165, 1.54) is 11.3 Å². The Morgan fingerprint density at radius 1 is 1.08 bits per heavy atom. The molecule has 8 heteroatoms. The van der Waals surface area contributed by atoms with Crippen molar-refractivity contribution in [3.8, 4) is 5.75 Å². The van der Waals surface area contributed by atoms with Gasteiger partial charge in [-0.25, -0.2) is 4.79 Å². The quantitative estimate of drug-likeness (QED) is 0.611. The number of amides is 2. The summed E-state index contributed by atoms with van der Waals surface area (Å²) in [5.74, 6) is -1.03. The molecule has 0 unspecified atom stereocenters. The summed E-state index contributed by atoms with van der Waals surface area (Å²) in [4.78, 5) is 35.3. The van der Waals surface area contributed by atoms with Crippen molar-refractivity contribution in [2.24, 2.45) is 0 Å². The number of hydrogen-bond donors (Lipinski definition) is 3. The lowest BCUT2D eigenvalue weighted by atomic mass is 10.1. The van der Waals surface area contributed by atoms with Gasteiger partial charge in [0, 0.05) is 18.7 Å². The molecule has 0 bridgehead atoms. The molecule has 0 radical (unpaired) electrons. The summed E-state index contributed by atoms with van der Waals surface area (Å²) in [7, 11) is 0. The van der Waals surface area contributed by atoms with E-state index in [9.17, 15) is 14.4 Å². The summed E-state index contributed by atoms with van der Waals surface area (Å²) in [6, 6.07) is 6.82. The molecule has 0 saturated heterocycles. The highest BCUT2D eigenvalue weighted by Gasteiger charge is 2.13. The van der Waals surface area contributed by atoms with Gasteiger partial charge in [0.15, 0.2) is 6.61 Å². The van der Waals surface area contributed by atoms with Crippen molar-refractivity contribution in [3.05, 3.63) is 51.2 Å². The Bertz CT molecular complexity index is 779. The number of aryl methyl sites for hydroxylation is 2. The van der Waals surface area contributed by atoms with Crippen LogP contribution in [-0.2, 0) is 4.79 Å². The monoisotopic (exact) mass is 376 g/mol. The fourth-order valence-corrected chi connectivity index (χ4v) is 3.03. The summed E-state index contributed by atoms with van der Waals surface area (Å²) in [5.41, 5.74) is 1.82. The number of carbonyl (C=O) groups is 3. The Balaban J connectivity index is 1.87. The molecule has 0 aliphatic carbocycles. The van der Waals surface area contributed by atoms with Gasteiger partial charge in [-0.1, -0.05) is 6.07 Å². The molecule has 26 heavy (non-hydrogen) atoms. The number of thiophene rings is 1. The van der Waals surface area contributed by atoms with Gasteiger partial charge in [-0.15, -0.1) is 11.3 Å². The topological polar surface area (TPSA) is 105 Å². The fraction of sp³-hybridized carbons (Fsp3) is 0.278. The second-order valence-electron chi connectivity index (χ2n) is 5.61. The van der Waals surface area contributed by atoms with Crippen LogP contribution >= 0.6 is 11.3 Å². The van der Waals surface area contributed by atoms with E-state index in [0.29, 0.717) is 40.4 Å². The smallest absolute Gasteiger partial charge is 0.341 e. The number of ether oxygens (including phenoxy) is 1. The minimum absolute atomic E-state index is 0.166. The highest BCUT2D eigenvalue weighted by molar-refractivity contribution is 7.12. The van der Waals surface area contributed by atoms with Gasteiger partial charge in [-0.3, -0.25) is 9.59 Å². The van der Waals surface area contributed by atoms with E-state index in [4.69, 9.17) is 9.84 Å². The lowest BCUT2D eigenvalue weighted by Gasteiger charge is -2.13. The minimum Gasteiger partial charge on any atom is -0.481 e. The maximum Gasteiger partial charge on any atom is 0.341 e. The average Bonchev–Trinajstić information content (AvgIpc) is 3.11. The maximum absolute atomic E-state index is 12.2. The minimum atomic E-state index is -1.06. The SMILES string of the molecule is Cc1cc(C(=O)NCCNC(=O)c2cccs2)cc(C)c1OCC(=O)O. The van der Waals surface area contributed by atoms with E-state index in [-0.39, 0.29) is 11.8 Å². The molecule has 0 atom stereocenters. The van der Waals surface area contributed by atoms with Crippen LogP contribution in [0.1, 0.15) is 31.2 Å². The van der Waals surface area contributed by atoms with Crippen LogP contribution in [0.15, 0.2) is 29.6 Å². The summed E-state index contributed by atoms with van der Waals surface area (Å²) >= 11 is 1.35. The van der Waals surface area contributed by atoms with E-state index in [1.54, 1.807) is 38.1 Å². The van der Waals surface area contributed by atoms with E-state index in [0.717, 1.165) is 0 Å². The second kappa shape index (κ2) is 9.00.